The Balaban J connectivity index is 1.80. The van der Waals surface area contributed by atoms with E-state index in [0.29, 0.717) is 16.3 Å². The van der Waals surface area contributed by atoms with E-state index in [1.807, 2.05) is 0 Å². The van der Waals surface area contributed by atoms with Gasteiger partial charge in [-0.3, -0.25) is 19.7 Å². The normalized spacial score (nSPS) is 10.6. The number of anilines is 1. The molecule has 0 saturated heterocycles. The van der Waals surface area contributed by atoms with Gasteiger partial charge in [0.1, 0.15) is 0 Å². The van der Waals surface area contributed by atoms with Crippen molar-refractivity contribution in [2.45, 2.75) is 12.8 Å². The van der Waals surface area contributed by atoms with Crippen molar-refractivity contribution in [3.63, 3.8) is 0 Å². The second kappa shape index (κ2) is 9.30. The molecule has 0 unspecified atom stereocenters. The van der Waals surface area contributed by atoms with Crippen molar-refractivity contribution in [2.24, 2.45) is 5.10 Å². The fraction of sp³-hybridized carbons (Fsp3) is 0.118. The van der Waals surface area contributed by atoms with E-state index in [1.54, 1.807) is 24.3 Å². The van der Waals surface area contributed by atoms with Crippen molar-refractivity contribution in [1.29, 1.82) is 0 Å². The number of nitrogens with one attached hydrogen (secondary N) is 2. The first-order chi connectivity index (χ1) is 12.8. The number of phenols is 1. The Hall–Kier alpha value is -3.46. The Morgan fingerprint density at radius 1 is 1.19 bits per heavy atom. The minimum absolute atomic E-state index is 0.0570. The summed E-state index contributed by atoms with van der Waals surface area (Å²) in [5.41, 5.74) is 2.60. The standard InChI is InChI=1S/C17H15ClN4O5/c18-12-2-1-3-13(9-12)20-16(24)6-7-17(25)21-19-10-11-4-5-15(23)14(8-11)22(26)27/h1-5,8-10,23H,6-7H2,(H,20,24)(H,21,25)/b19-10+. The molecule has 0 atom stereocenters. The van der Waals surface area contributed by atoms with Gasteiger partial charge in [-0.05, 0) is 30.3 Å². The zero-order chi connectivity index (χ0) is 19.8. The molecule has 0 fully saturated rings. The number of nitro groups is 1. The van der Waals surface area contributed by atoms with Crippen LogP contribution in [0, 0.1) is 10.1 Å². The lowest BCUT2D eigenvalue weighted by molar-refractivity contribution is -0.385. The molecule has 0 saturated carbocycles. The van der Waals surface area contributed by atoms with Crippen LogP contribution in [0.25, 0.3) is 0 Å². The predicted molar refractivity (Wildman–Crippen MR) is 99.8 cm³/mol. The Labute approximate surface area is 158 Å². The third kappa shape index (κ3) is 6.40. The number of nitro benzene ring substituents is 1. The number of carbonyl (C=O) groups excluding carboxylic acids is 2. The van der Waals surface area contributed by atoms with E-state index in [-0.39, 0.29) is 18.7 Å². The maximum atomic E-state index is 11.8. The highest BCUT2D eigenvalue weighted by atomic mass is 35.5. The van der Waals surface area contributed by atoms with Crippen LogP contribution in [-0.2, 0) is 9.59 Å². The number of hydrazone groups is 1. The lowest BCUT2D eigenvalue weighted by atomic mass is 10.2. The summed E-state index contributed by atoms with van der Waals surface area (Å²) in [7, 11) is 0. The molecule has 27 heavy (non-hydrogen) atoms. The molecule has 0 radical (unpaired) electrons. The molecule has 0 aliphatic carbocycles. The van der Waals surface area contributed by atoms with E-state index in [0.717, 1.165) is 12.1 Å². The van der Waals surface area contributed by atoms with Gasteiger partial charge in [0.15, 0.2) is 5.75 Å². The summed E-state index contributed by atoms with van der Waals surface area (Å²) in [6.45, 7) is 0. The second-order valence-electron chi connectivity index (χ2n) is 5.36. The van der Waals surface area contributed by atoms with Crippen LogP contribution < -0.4 is 10.7 Å². The lowest BCUT2D eigenvalue weighted by Gasteiger charge is -2.05. The number of amides is 2. The summed E-state index contributed by atoms with van der Waals surface area (Å²) in [4.78, 5) is 33.5. The van der Waals surface area contributed by atoms with Gasteiger partial charge in [-0.1, -0.05) is 17.7 Å². The first-order valence-electron chi connectivity index (χ1n) is 7.70. The van der Waals surface area contributed by atoms with Crippen molar-refractivity contribution in [3.8, 4) is 5.75 Å². The highest BCUT2D eigenvalue weighted by molar-refractivity contribution is 6.30. The summed E-state index contributed by atoms with van der Waals surface area (Å²) in [6.07, 6.45) is 1.04. The molecule has 0 aromatic heterocycles. The summed E-state index contributed by atoms with van der Waals surface area (Å²) in [5, 5.41) is 26.9. The number of nitrogens with zero attached hydrogens (tertiary/aromatic N) is 2. The van der Waals surface area contributed by atoms with Gasteiger partial charge in [0, 0.05) is 35.2 Å². The molecule has 0 heterocycles. The Kier molecular flexibility index (Phi) is 6.84. The van der Waals surface area contributed by atoms with Gasteiger partial charge in [0.2, 0.25) is 11.8 Å². The van der Waals surface area contributed by atoms with Gasteiger partial charge < -0.3 is 10.4 Å². The average molecular weight is 391 g/mol. The van der Waals surface area contributed by atoms with Gasteiger partial charge in [-0.15, -0.1) is 0 Å². The highest BCUT2D eigenvalue weighted by Crippen LogP contribution is 2.25. The van der Waals surface area contributed by atoms with E-state index in [2.05, 4.69) is 15.8 Å². The third-order valence-corrected chi connectivity index (χ3v) is 3.52. The minimum atomic E-state index is -0.732. The molecule has 0 bridgehead atoms. The van der Waals surface area contributed by atoms with Crippen LogP contribution in [0.5, 0.6) is 5.75 Å². The monoisotopic (exact) mass is 390 g/mol. The number of hydrogen-bond acceptors (Lipinski definition) is 6. The van der Waals surface area contributed by atoms with E-state index < -0.39 is 22.3 Å². The minimum Gasteiger partial charge on any atom is -0.502 e. The zero-order valence-electron chi connectivity index (χ0n) is 13.9. The Bertz CT molecular complexity index is 901. The topological polar surface area (TPSA) is 134 Å². The summed E-state index contributed by atoms with van der Waals surface area (Å²) in [5.74, 6) is -1.32. The zero-order valence-corrected chi connectivity index (χ0v) is 14.6. The SMILES string of the molecule is O=C(CCC(=O)Nc1cccc(Cl)c1)N/N=C/c1ccc(O)c([N+](=O)[O-])c1. The maximum absolute atomic E-state index is 11.8. The lowest BCUT2D eigenvalue weighted by Crippen LogP contribution is -2.20. The molecule has 140 valence electrons. The highest BCUT2D eigenvalue weighted by Gasteiger charge is 2.12. The smallest absolute Gasteiger partial charge is 0.311 e. The molecule has 0 spiro atoms. The fourth-order valence-corrected chi connectivity index (χ4v) is 2.21. The van der Waals surface area contributed by atoms with Crippen molar-refractivity contribution in [2.75, 3.05) is 5.32 Å². The fourth-order valence-electron chi connectivity index (χ4n) is 2.02. The molecule has 2 aromatic rings. The molecule has 2 aromatic carbocycles. The summed E-state index contributed by atoms with van der Waals surface area (Å²) >= 11 is 5.82. The first-order valence-corrected chi connectivity index (χ1v) is 8.07. The largest absolute Gasteiger partial charge is 0.502 e. The van der Waals surface area contributed by atoms with Crippen molar-refractivity contribution >= 4 is 41.0 Å². The van der Waals surface area contributed by atoms with E-state index >= 15 is 0 Å². The predicted octanol–water partition coefficient (Wildman–Crippen LogP) is 2.82. The number of aromatic hydroxyl groups is 1. The molecule has 10 heteroatoms. The number of benzene rings is 2. The second-order valence-corrected chi connectivity index (χ2v) is 5.79. The Morgan fingerprint density at radius 3 is 2.63 bits per heavy atom. The number of carbonyl (C=O) groups is 2. The quantitative estimate of drug-likeness (QED) is 0.379. The van der Waals surface area contributed by atoms with Crippen LogP contribution in [0.2, 0.25) is 5.02 Å². The van der Waals surface area contributed by atoms with Gasteiger partial charge in [0.05, 0.1) is 11.1 Å². The van der Waals surface area contributed by atoms with E-state index in [1.165, 1.54) is 12.3 Å². The molecule has 9 nitrogen and oxygen atoms in total. The summed E-state index contributed by atoms with van der Waals surface area (Å²) < 4.78 is 0. The molecule has 3 N–H and O–H groups in total. The third-order valence-electron chi connectivity index (χ3n) is 3.29. The number of halogens is 1. The van der Waals surface area contributed by atoms with Crippen LogP contribution in [0.4, 0.5) is 11.4 Å². The molecular formula is C17H15ClN4O5. The van der Waals surface area contributed by atoms with Crippen molar-refractivity contribution < 1.29 is 19.6 Å². The van der Waals surface area contributed by atoms with E-state index in [9.17, 15) is 24.8 Å². The van der Waals surface area contributed by atoms with Crippen LogP contribution in [0.1, 0.15) is 18.4 Å². The van der Waals surface area contributed by atoms with Crippen LogP contribution >= 0.6 is 11.6 Å². The van der Waals surface area contributed by atoms with Gasteiger partial charge >= 0.3 is 5.69 Å². The van der Waals surface area contributed by atoms with Crippen LogP contribution in [0.15, 0.2) is 47.6 Å². The molecule has 0 aliphatic rings. The molecule has 0 aliphatic heterocycles. The van der Waals surface area contributed by atoms with Crippen molar-refractivity contribution in [3.05, 3.63) is 63.2 Å². The van der Waals surface area contributed by atoms with Gasteiger partial charge in [0.25, 0.3) is 0 Å². The Morgan fingerprint density at radius 2 is 1.93 bits per heavy atom. The molecular weight excluding hydrogens is 376 g/mol. The maximum Gasteiger partial charge on any atom is 0.311 e. The number of phenolic OH excluding ortho intramolecular Hbond substituents is 1. The number of rotatable bonds is 7. The molecule has 2 rings (SSSR count). The first kappa shape index (κ1) is 19.9. The van der Waals surface area contributed by atoms with Gasteiger partial charge in [-0.2, -0.15) is 5.10 Å². The van der Waals surface area contributed by atoms with Crippen LogP contribution in [-0.4, -0.2) is 28.1 Å². The van der Waals surface area contributed by atoms with E-state index in [4.69, 9.17) is 11.6 Å². The van der Waals surface area contributed by atoms with Crippen LogP contribution in [0.3, 0.4) is 0 Å². The average Bonchev–Trinajstić information content (AvgIpc) is 2.61. The summed E-state index contributed by atoms with van der Waals surface area (Å²) in [6, 6.07) is 10.3. The number of hydrogen-bond donors (Lipinski definition) is 3. The van der Waals surface area contributed by atoms with Gasteiger partial charge in [-0.25, -0.2) is 5.43 Å². The van der Waals surface area contributed by atoms with Crippen molar-refractivity contribution in [1.82, 2.24) is 5.43 Å². The molecule has 2 amide bonds.